The van der Waals surface area contributed by atoms with Crippen molar-refractivity contribution in [1.82, 2.24) is 5.16 Å². The first-order chi connectivity index (χ1) is 11.7. The summed E-state index contributed by atoms with van der Waals surface area (Å²) in [5, 5.41) is 3.97. The minimum Gasteiger partial charge on any atom is -0.429 e. The van der Waals surface area contributed by atoms with Gasteiger partial charge in [-0.3, -0.25) is 9.59 Å². The standard InChI is InChI=1S/C19H23NO5/c1-8-12(9(2)25-20-8)15-16(21)13-10-6-7-11(23-10)14(13)17(15)24-18(22)19(3,4)5/h10-11,13-14H,6-7H2,1-5H3/t10-,11+,13+,14-/m0/s1. The number of carbonyl (C=O) groups is 2. The summed E-state index contributed by atoms with van der Waals surface area (Å²) >= 11 is 0. The number of esters is 1. The molecule has 2 aliphatic heterocycles. The third-order valence-corrected chi connectivity index (χ3v) is 5.47. The van der Waals surface area contributed by atoms with Crippen molar-refractivity contribution in [3.05, 3.63) is 22.8 Å². The first kappa shape index (κ1) is 16.5. The number of ether oxygens (including phenoxy) is 2. The molecule has 0 saturated carbocycles. The summed E-state index contributed by atoms with van der Waals surface area (Å²) in [6.07, 6.45) is 1.64. The maximum absolute atomic E-state index is 13.2. The van der Waals surface area contributed by atoms with Gasteiger partial charge in [-0.1, -0.05) is 5.16 Å². The molecule has 1 aliphatic carbocycles. The molecule has 25 heavy (non-hydrogen) atoms. The highest BCUT2D eigenvalue weighted by molar-refractivity contribution is 6.26. The molecule has 0 N–H and O–H groups in total. The molecule has 1 aromatic rings. The summed E-state index contributed by atoms with van der Waals surface area (Å²) in [6, 6.07) is 0. The Hall–Kier alpha value is -1.95. The molecular formula is C19H23NO5. The Balaban J connectivity index is 1.85. The lowest BCUT2D eigenvalue weighted by molar-refractivity contribution is -0.149. The van der Waals surface area contributed by atoms with Gasteiger partial charge in [0.15, 0.2) is 5.78 Å². The Labute approximate surface area is 146 Å². The molecule has 4 atom stereocenters. The van der Waals surface area contributed by atoms with Crippen molar-refractivity contribution in [2.45, 2.75) is 59.7 Å². The minimum atomic E-state index is -0.656. The molecule has 6 nitrogen and oxygen atoms in total. The number of aryl methyl sites for hydroxylation is 2. The zero-order valence-electron chi connectivity index (χ0n) is 15.2. The predicted octanol–water partition coefficient (Wildman–Crippen LogP) is 2.97. The smallest absolute Gasteiger partial charge is 0.316 e. The maximum atomic E-state index is 13.2. The van der Waals surface area contributed by atoms with Gasteiger partial charge in [0.1, 0.15) is 11.5 Å². The summed E-state index contributed by atoms with van der Waals surface area (Å²) < 4.78 is 17.0. The van der Waals surface area contributed by atoms with Crippen LogP contribution in [0.3, 0.4) is 0 Å². The average molecular weight is 345 g/mol. The molecule has 0 aromatic carbocycles. The Morgan fingerprint density at radius 3 is 2.36 bits per heavy atom. The number of allylic oxidation sites excluding steroid dienone is 1. The van der Waals surface area contributed by atoms with Crippen LogP contribution in [0.25, 0.3) is 5.57 Å². The van der Waals surface area contributed by atoms with Crippen LogP contribution in [0.5, 0.6) is 0 Å². The molecule has 0 unspecified atom stereocenters. The lowest BCUT2D eigenvalue weighted by Gasteiger charge is -2.24. The second-order valence-corrected chi connectivity index (χ2v) is 8.28. The van der Waals surface area contributed by atoms with Crippen LogP contribution >= 0.6 is 0 Å². The van der Waals surface area contributed by atoms with E-state index >= 15 is 0 Å². The molecule has 2 fully saturated rings. The molecule has 4 rings (SSSR count). The Morgan fingerprint density at radius 1 is 1.16 bits per heavy atom. The third kappa shape index (κ3) is 2.30. The number of rotatable bonds is 2. The van der Waals surface area contributed by atoms with Crippen LogP contribution in [0.1, 0.15) is 50.6 Å². The molecule has 0 spiro atoms. The van der Waals surface area contributed by atoms with Crippen LogP contribution in [0.15, 0.2) is 10.3 Å². The van der Waals surface area contributed by atoms with Gasteiger partial charge in [0.2, 0.25) is 0 Å². The molecule has 6 heteroatoms. The van der Waals surface area contributed by atoms with Crippen molar-refractivity contribution < 1.29 is 23.6 Å². The van der Waals surface area contributed by atoms with Crippen LogP contribution in [0, 0.1) is 31.1 Å². The molecule has 134 valence electrons. The van der Waals surface area contributed by atoms with E-state index in [1.54, 1.807) is 34.6 Å². The fourth-order valence-electron chi connectivity index (χ4n) is 4.26. The van der Waals surface area contributed by atoms with Crippen LogP contribution in [0.4, 0.5) is 0 Å². The van der Waals surface area contributed by atoms with Gasteiger partial charge < -0.3 is 14.0 Å². The largest absolute Gasteiger partial charge is 0.429 e. The molecule has 3 aliphatic rings. The number of hydrogen-bond donors (Lipinski definition) is 0. The van der Waals surface area contributed by atoms with Crippen molar-refractivity contribution in [1.29, 1.82) is 0 Å². The van der Waals surface area contributed by atoms with E-state index in [2.05, 4.69) is 5.16 Å². The first-order valence-electron chi connectivity index (χ1n) is 8.79. The number of Topliss-reactive ketones (excluding diaryl/α,β-unsaturated/α-hetero) is 1. The van der Waals surface area contributed by atoms with Gasteiger partial charge >= 0.3 is 5.97 Å². The third-order valence-electron chi connectivity index (χ3n) is 5.47. The van der Waals surface area contributed by atoms with E-state index in [-0.39, 0.29) is 35.8 Å². The SMILES string of the molecule is Cc1noc(C)c1C1=C(OC(=O)C(C)(C)C)[C@@H]2[C@H](C1=O)[C@@H]1CC[C@H]2O1. The van der Waals surface area contributed by atoms with Gasteiger partial charge in [-0.25, -0.2) is 0 Å². The number of fused-ring (bicyclic) bond motifs is 5. The monoisotopic (exact) mass is 345 g/mol. The normalized spacial score (nSPS) is 31.0. The van der Waals surface area contributed by atoms with Crippen molar-refractivity contribution >= 4 is 17.3 Å². The van der Waals surface area contributed by atoms with Gasteiger partial charge in [0.25, 0.3) is 0 Å². The summed E-state index contributed by atoms with van der Waals surface area (Å²) in [6.45, 7) is 8.98. The van der Waals surface area contributed by atoms with E-state index in [9.17, 15) is 9.59 Å². The van der Waals surface area contributed by atoms with E-state index in [1.807, 2.05) is 0 Å². The highest BCUT2D eigenvalue weighted by atomic mass is 16.6. The first-order valence-corrected chi connectivity index (χ1v) is 8.79. The highest BCUT2D eigenvalue weighted by Gasteiger charge is 2.60. The highest BCUT2D eigenvalue weighted by Crippen LogP contribution is 2.55. The quantitative estimate of drug-likeness (QED) is 0.767. The fourth-order valence-corrected chi connectivity index (χ4v) is 4.26. The van der Waals surface area contributed by atoms with Crippen molar-refractivity contribution in [3.8, 4) is 0 Å². The van der Waals surface area contributed by atoms with Crippen LogP contribution in [-0.4, -0.2) is 29.1 Å². The average Bonchev–Trinajstić information content (AvgIpc) is 3.25. The number of hydrogen-bond acceptors (Lipinski definition) is 6. The van der Waals surface area contributed by atoms with Crippen molar-refractivity contribution in [2.75, 3.05) is 0 Å². The van der Waals surface area contributed by atoms with Gasteiger partial charge in [-0.2, -0.15) is 0 Å². The molecule has 3 heterocycles. The molecule has 2 saturated heterocycles. The van der Waals surface area contributed by atoms with Crippen molar-refractivity contribution in [3.63, 3.8) is 0 Å². The predicted molar refractivity (Wildman–Crippen MR) is 88.3 cm³/mol. The van der Waals surface area contributed by atoms with E-state index < -0.39 is 5.41 Å². The minimum absolute atomic E-state index is 0.0108. The number of nitrogens with zero attached hydrogens (tertiary/aromatic N) is 1. The zero-order valence-corrected chi connectivity index (χ0v) is 15.2. The van der Waals surface area contributed by atoms with Crippen molar-refractivity contribution in [2.24, 2.45) is 17.3 Å². The maximum Gasteiger partial charge on any atom is 0.316 e. The Kier molecular flexibility index (Phi) is 3.48. The van der Waals surface area contributed by atoms with Crippen LogP contribution in [0.2, 0.25) is 0 Å². The summed E-state index contributed by atoms with van der Waals surface area (Å²) in [7, 11) is 0. The van der Waals surface area contributed by atoms with E-state index in [4.69, 9.17) is 14.0 Å². The molecule has 0 amide bonds. The van der Waals surface area contributed by atoms with Gasteiger partial charge in [0.05, 0.1) is 46.3 Å². The second-order valence-electron chi connectivity index (χ2n) is 8.28. The van der Waals surface area contributed by atoms with Crippen LogP contribution in [-0.2, 0) is 19.1 Å². The molecule has 2 bridgehead atoms. The second kappa shape index (κ2) is 5.27. The topological polar surface area (TPSA) is 78.6 Å². The van der Waals surface area contributed by atoms with Gasteiger partial charge in [0, 0.05) is 0 Å². The van der Waals surface area contributed by atoms with Gasteiger partial charge in [-0.15, -0.1) is 0 Å². The van der Waals surface area contributed by atoms with E-state index in [0.717, 1.165) is 12.8 Å². The van der Waals surface area contributed by atoms with E-state index in [0.29, 0.717) is 28.3 Å². The van der Waals surface area contributed by atoms with E-state index in [1.165, 1.54) is 0 Å². The Morgan fingerprint density at radius 2 is 1.80 bits per heavy atom. The molecular weight excluding hydrogens is 322 g/mol. The summed E-state index contributed by atoms with van der Waals surface area (Å²) in [5.74, 6) is 0.229. The lowest BCUT2D eigenvalue weighted by Crippen LogP contribution is -2.31. The molecule has 0 radical (unpaired) electrons. The van der Waals surface area contributed by atoms with Gasteiger partial charge in [-0.05, 0) is 47.5 Å². The Bertz CT molecular complexity index is 778. The summed E-state index contributed by atoms with van der Waals surface area (Å²) in [4.78, 5) is 25.8. The lowest BCUT2D eigenvalue weighted by atomic mass is 9.80. The number of carbonyl (C=O) groups excluding carboxylic acids is 2. The summed E-state index contributed by atoms with van der Waals surface area (Å²) in [5.41, 5.74) is 1.11. The molecule has 1 aromatic heterocycles. The zero-order chi connectivity index (χ0) is 18.1. The number of ketones is 1. The van der Waals surface area contributed by atoms with Crippen LogP contribution < -0.4 is 0 Å². The fraction of sp³-hybridized carbons (Fsp3) is 0.632. The number of aromatic nitrogens is 1.